The number of oxime groups is 1. The van der Waals surface area contributed by atoms with Crippen LogP contribution in [0.2, 0.25) is 0 Å². The van der Waals surface area contributed by atoms with Crippen LogP contribution in [0.15, 0.2) is 58.2 Å². The van der Waals surface area contributed by atoms with E-state index >= 15 is 0 Å². The lowest BCUT2D eigenvalue weighted by molar-refractivity contribution is -0.384. The molecule has 10 nitrogen and oxygen atoms in total. The number of anilines is 1. The molecule has 166 valence electrons. The fourth-order valence-corrected chi connectivity index (χ4v) is 3.32. The molecule has 0 unspecified atom stereocenters. The maximum Gasteiger partial charge on any atom is 0.293 e. The molecule has 0 radical (unpaired) electrons. The van der Waals surface area contributed by atoms with Gasteiger partial charge in [0.25, 0.3) is 5.69 Å². The predicted molar refractivity (Wildman–Crippen MR) is 117 cm³/mol. The molecule has 1 fully saturated rings. The lowest BCUT2D eigenvalue weighted by Gasteiger charge is -2.28. The van der Waals surface area contributed by atoms with Crippen LogP contribution < -0.4 is 9.64 Å². The SMILES string of the molecule is COc1ccc(-c2cc(CO/N=C/c3ccc(N4CCOCC4)c([N+](=O)[O-])c3)on2)cc1. The summed E-state index contributed by atoms with van der Waals surface area (Å²) in [6, 6.07) is 14.2. The van der Waals surface area contributed by atoms with Crippen molar-refractivity contribution in [2.75, 3.05) is 38.3 Å². The Balaban J connectivity index is 1.37. The molecule has 0 aliphatic carbocycles. The summed E-state index contributed by atoms with van der Waals surface area (Å²) in [6.07, 6.45) is 1.43. The lowest BCUT2D eigenvalue weighted by Crippen LogP contribution is -2.36. The van der Waals surface area contributed by atoms with Gasteiger partial charge in [-0.05, 0) is 30.3 Å². The van der Waals surface area contributed by atoms with Crippen molar-refractivity contribution in [3.05, 3.63) is 70.0 Å². The third-order valence-corrected chi connectivity index (χ3v) is 4.98. The second-order valence-corrected chi connectivity index (χ2v) is 7.02. The summed E-state index contributed by atoms with van der Waals surface area (Å²) in [4.78, 5) is 18.4. The van der Waals surface area contributed by atoms with Gasteiger partial charge in [0.05, 0.1) is 31.5 Å². The average molecular weight is 438 g/mol. The number of ether oxygens (including phenoxy) is 2. The van der Waals surface area contributed by atoms with Gasteiger partial charge in [-0.25, -0.2) is 0 Å². The molecule has 2 heterocycles. The van der Waals surface area contributed by atoms with E-state index in [1.165, 1.54) is 12.3 Å². The fraction of sp³-hybridized carbons (Fsp3) is 0.273. The van der Waals surface area contributed by atoms with Gasteiger partial charge in [-0.1, -0.05) is 16.4 Å². The van der Waals surface area contributed by atoms with Crippen LogP contribution >= 0.6 is 0 Å². The molecule has 2 aromatic carbocycles. The quantitative estimate of drug-likeness (QED) is 0.298. The Bertz CT molecular complexity index is 1090. The van der Waals surface area contributed by atoms with Crippen LogP contribution in [-0.2, 0) is 16.2 Å². The summed E-state index contributed by atoms with van der Waals surface area (Å²) in [6.45, 7) is 2.42. The van der Waals surface area contributed by atoms with Crippen molar-refractivity contribution < 1.29 is 23.8 Å². The number of morpholine rings is 1. The van der Waals surface area contributed by atoms with Gasteiger partial charge in [0.15, 0.2) is 12.4 Å². The molecular formula is C22H22N4O6. The highest BCUT2D eigenvalue weighted by atomic mass is 16.6. The minimum absolute atomic E-state index is 0.0233. The number of hydrogen-bond acceptors (Lipinski definition) is 9. The van der Waals surface area contributed by atoms with Crippen LogP contribution in [0.25, 0.3) is 11.3 Å². The molecule has 1 aromatic heterocycles. The molecule has 0 amide bonds. The minimum atomic E-state index is -0.391. The molecule has 10 heteroatoms. The molecule has 0 saturated carbocycles. The van der Waals surface area contributed by atoms with Crippen LogP contribution in [0.3, 0.4) is 0 Å². The van der Waals surface area contributed by atoms with Gasteiger partial charge < -0.3 is 23.7 Å². The first-order valence-corrected chi connectivity index (χ1v) is 10.0. The highest BCUT2D eigenvalue weighted by molar-refractivity contribution is 5.83. The topological polar surface area (TPSA) is 112 Å². The third kappa shape index (κ3) is 5.03. The number of nitro benzene ring substituents is 1. The predicted octanol–water partition coefficient (Wildman–Crippen LogP) is 3.65. The summed E-state index contributed by atoms with van der Waals surface area (Å²) in [5.41, 5.74) is 2.71. The van der Waals surface area contributed by atoms with E-state index in [4.69, 9.17) is 18.8 Å². The van der Waals surface area contributed by atoms with Gasteiger partial charge in [-0.15, -0.1) is 0 Å². The maximum absolute atomic E-state index is 11.5. The monoisotopic (exact) mass is 438 g/mol. The van der Waals surface area contributed by atoms with Crippen LogP contribution in [0.4, 0.5) is 11.4 Å². The molecule has 1 aliphatic rings. The first kappa shape index (κ1) is 21.3. The van der Waals surface area contributed by atoms with E-state index in [-0.39, 0.29) is 12.3 Å². The van der Waals surface area contributed by atoms with Crippen molar-refractivity contribution in [2.45, 2.75) is 6.61 Å². The van der Waals surface area contributed by atoms with E-state index in [0.717, 1.165) is 11.3 Å². The van der Waals surface area contributed by atoms with Crippen molar-refractivity contribution in [3.63, 3.8) is 0 Å². The van der Waals surface area contributed by atoms with Crippen LogP contribution in [-0.4, -0.2) is 49.7 Å². The second-order valence-electron chi connectivity index (χ2n) is 7.02. The molecule has 3 aromatic rings. The Morgan fingerprint density at radius 2 is 1.97 bits per heavy atom. The van der Waals surface area contributed by atoms with Crippen LogP contribution in [0.1, 0.15) is 11.3 Å². The zero-order valence-electron chi connectivity index (χ0n) is 17.5. The lowest BCUT2D eigenvalue weighted by atomic mass is 10.1. The van der Waals surface area contributed by atoms with Gasteiger partial charge in [-0.2, -0.15) is 0 Å². The largest absolute Gasteiger partial charge is 0.497 e. The summed E-state index contributed by atoms with van der Waals surface area (Å²) in [5, 5.41) is 19.5. The fourth-order valence-electron chi connectivity index (χ4n) is 3.32. The van der Waals surface area contributed by atoms with Gasteiger partial charge in [-0.3, -0.25) is 10.1 Å². The number of nitro groups is 1. The summed E-state index contributed by atoms with van der Waals surface area (Å²) in [7, 11) is 1.61. The van der Waals surface area contributed by atoms with Crippen molar-refractivity contribution in [1.29, 1.82) is 0 Å². The molecule has 0 bridgehead atoms. The highest BCUT2D eigenvalue weighted by Crippen LogP contribution is 2.29. The zero-order valence-corrected chi connectivity index (χ0v) is 17.5. The van der Waals surface area contributed by atoms with E-state index in [1.54, 1.807) is 25.3 Å². The number of hydrogen-bond donors (Lipinski definition) is 0. The molecule has 0 spiro atoms. The Morgan fingerprint density at radius 3 is 2.69 bits per heavy atom. The second kappa shape index (κ2) is 9.92. The Hall–Kier alpha value is -3.92. The van der Waals surface area contributed by atoms with Gasteiger partial charge in [0, 0.05) is 36.3 Å². The standard InChI is InChI=1S/C22H22N4O6/c1-29-18-5-3-17(4-6-18)20-13-19(32-24-20)15-31-23-14-16-2-7-21(22(12-16)26(27)28)25-8-10-30-11-9-25/h2-7,12-14H,8-11,15H2,1H3/b23-14+. The average Bonchev–Trinajstić information content (AvgIpc) is 3.31. The van der Waals surface area contributed by atoms with Crippen molar-refractivity contribution in [3.8, 4) is 17.0 Å². The number of nitrogens with zero attached hydrogens (tertiary/aromatic N) is 4. The van der Waals surface area contributed by atoms with Gasteiger partial charge in [0.2, 0.25) is 0 Å². The Morgan fingerprint density at radius 1 is 1.19 bits per heavy atom. The molecule has 4 rings (SSSR count). The van der Waals surface area contributed by atoms with E-state index in [1.807, 2.05) is 29.2 Å². The first-order valence-electron chi connectivity index (χ1n) is 10.0. The van der Waals surface area contributed by atoms with Gasteiger partial charge >= 0.3 is 0 Å². The molecular weight excluding hydrogens is 416 g/mol. The van der Waals surface area contributed by atoms with E-state index in [0.29, 0.717) is 49.0 Å². The summed E-state index contributed by atoms with van der Waals surface area (Å²) >= 11 is 0. The van der Waals surface area contributed by atoms with E-state index in [9.17, 15) is 10.1 Å². The number of aromatic nitrogens is 1. The zero-order chi connectivity index (χ0) is 22.3. The Labute approximate surface area is 184 Å². The number of methoxy groups -OCH3 is 1. The van der Waals surface area contributed by atoms with E-state index < -0.39 is 4.92 Å². The smallest absolute Gasteiger partial charge is 0.293 e. The molecule has 1 aliphatic heterocycles. The molecule has 1 saturated heterocycles. The third-order valence-electron chi connectivity index (χ3n) is 4.98. The number of rotatable bonds is 8. The van der Waals surface area contributed by atoms with E-state index in [2.05, 4.69) is 10.3 Å². The maximum atomic E-state index is 11.5. The first-order chi connectivity index (χ1) is 15.6. The molecule has 32 heavy (non-hydrogen) atoms. The van der Waals surface area contributed by atoms with Crippen molar-refractivity contribution in [2.24, 2.45) is 5.16 Å². The minimum Gasteiger partial charge on any atom is -0.497 e. The van der Waals surface area contributed by atoms with Crippen LogP contribution in [0.5, 0.6) is 5.75 Å². The molecule has 0 N–H and O–H groups in total. The van der Waals surface area contributed by atoms with Gasteiger partial charge in [0.1, 0.15) is 17.1 Å². The summed E-state index contributed by atoms with van der Waals surface area (Å²) < 4.78 is 15.7. The van der Waals surface area contributed by atoms with Crippen molar-refractivity contribution >= 4 is 17.6 Å². The van der Waals surface area contributed by atoms with Crippen LogP contribution in [0, 0.1) is 10.1 Å². The normalized spacial score (nSPS) is 14.0. The number of benzene rings is 2. The highest BCUT2D eigenvalue weighted by Gasteiger charge is 2.21. The molecule has 0 atom stereocenters. The Kier molecular flexibility index (Phi) is 6.61. The summed E-state index contributed by atoms with van der Waals surface area (Å²) in [5.74, 6) is 1.26. The van der Waals surface area contributed by atoms with Crippen molar-refractivity contribution in [1.82, 2.24) is 5.16 Å².